The van der Waals surface area contributed by atoms with Gasteiger partial charge in [-0.2, -0.15) is 18.3 Å². The number of anilines is 1. The number of aldehydes is 2. The predicted molar refractivity (Wildman–Crippen MR) is 134 cm³/mol. The Bertz CT molecular complexity index is 1420. The quantitative estimate of drug-likeness (QED) is 0.320. The maximum atomic E-state index is 13.3. The third-order valence-corrected chi connectivity index (χ3v) is 7.20. The third-order valence-electron chi connectivity index (χ3n) is 7.20. The Morgan fingerprint density at radius 3 is 2.38 bits per heavy atom. The van der Waals surface area contributed by atoms with Gasteiger partial charge >= 0.3 is 6.18 Å². The third kappa shape index (κ3) is 4.91. The molecule has 1 saturated heterocycles. The van der Waals surface area contributed by atoms with Gasteiger partial charge in [-0.15, -0.1) is 0 Å². The molecule has 1 saturated carbocycles. The van der Waals surface area contributed by atoms with Crippen molar-refractivity contribution in [1.82, 2.24) is 9.78 Å². The first-order chi connectivity index (χ1) is 17.6. The van der Waals surface area contributed by atoms with E-state index in [9.17, 15) is 22.8 Å². The molecule has 2 aliphatic rings. The summed E-state index contributed by atoms with van der Waals surface area (Å²) in [5.74, 6) is 6.74. The number of benzene rings is 2. The summed E-state index contributed by atoms with van der Waals surface area (Å²) < 4.78 is 41.7. The summed E-state index contributed by atoms with van der Waals surface area (Å²) in [6, 6.07) is 9.22. The van der Waals surface area contributed by atoms with Crippen molar-refractivity contribution in [1.29, 1.82) is 0 Å². The van der Waals surface area contributed by atoms with Gasteiger partial charge in [-0.1, -0.05) is 17.9 Å². The van der Waals surface area contributed by atoms with E-state index in [1.54, 1.807) is 29.1 Å². The van der Waals surface area contributed by atoms with Crippen molar-refractivity contribution < 1.29 is 22.8 Å². The van der Waals surface area contributed by atoms with Crippen LogP contribution in [0.3, 0.4) is 0 Å². The zero-order valence-corrected chi connectivity index (χ0v) is 20.5. The predicted octanol–water partition coefficient (Wildman–Crippen LogP) is 5.68. The molecule has 0 bridgehead atoms. The number of nitrogens with zero attached hydrogens (tertiary/aromatic N) is 3. The van der Waals surface area contributed by atoms with E-state index >= 15 is 0 Å². The lowest BCUT2D eigenvalue weighted by Crippen LogP contribution is -2.46. The monoisotopic (exact) mass is 505 g/mol. The van der Waals surface area contributed by atoms with E-state index in [0.29, 0.717) is 36.8 Å². The minimum atomic E-state index is -4.37. The average Bonchev–Trinajstić information content (AvgIpc) is 3.58. The highest BCUT2D eigenvalue weighted by atomic mass is 19.4. The van der Waals surface area contributed by atoms with E-state index in [0.717, 1.165) is 41.3 Å². The maximum absolute atomic E-state index is 13.3. The summed E-state index contributed by atoms with van der Waals surface area (Å²) in [5.41, 5.74) is 2.70. The molecule has 37 heavy (non-hydrogen) atoms. The van der Waals surface area contributed by atoms with Crippen LogP contribution in [0.2, 0.25) is 0 Å². The van der Waals surface area contributed by atoms with Crippen molar-refractivity contribution in [2.45, 2.75) is 44.3 Å². The maximum Gasteiger partial charge on any atom is 0.416 e. The molecule has 1 aliphatic heterocycles. The molecule has 0 N–H and O–H groups in total. The second kappa shape index (κ2) is 9.22. The smallest absolute Gasteiger partial charge is 0.369 e. The SMILES string of the molecule is CC(C)(c1ccc(C(F)(F)F)cc1C1CC1)n1cc(C#CC2CN(c3ccc(C=O)c(C=O)c3)C2)cn1. The molecule has 0 amide bonds. The highest BCUT2D eigenvalue weighted by Gasteiger charge is 2.37. The van der Waals surface area contributed by atoms with Crippen LogP contribution in [0.25, 0.3) is 0 Å². The van der Waals surface area contributed by atoms with Crippen LogP contribution in [0.5, 0.6) is 0 Å². The number of carbonyl (C=O) groups is 2. The summed E-state index contributed by atoms with van der Waals surface area (Å²) >= 11 is 0. The van der Waals surface area contributed by atoms with E-state index < -0.39 is 17.3 Å². The zero-order valence-electron chi connectivity index (χ0n) is 20.5. The highest BCUT2D eigenvalue weighted by Crippen LogP contribution is 2.46. The summed E-state index contributed by atoms with van der Waals surface area (Å²) in [6.07, 6.45) is 2.30. The first kappa shape index (κ1) is 24.8. The van der Waals surface area contributed by atoms with Crippen molar-refractivity contribution >= 4 is 18.3 Å². The van der Waals surface area contributed by atoms with E-state index in [1.807, 2.05) is 26.1 Å². The van der Waals surface area contributed by atoms with E-state index in [1.165, 1.54) is 6.07 Å². The number of rotatable bonds is 6. The van der Waals surface area contributed by atoms with Crippen molar-refractivity contribution in [2.24, 2.45) is 5.92 Å². The Balaban J connectivity index is 1.29. The molecule has 0 spiro atoms. The molecule has 5 rings (SSSR count). The lowest BCUT2D eigenvalue weighted by Gasteiger charge is -2.38. The molecule has 190 valence electrons. The van der Waals surface area contributed by atoms with Gasteiger partial charge in [0.05, 0.1) is 28.8 Å². The van der Waals surface area contributed by atoms with Gasteiger partial charge in [-0.25, -0.2) is 0 Å². The highest BCUT2D eigenvalue weighted by molar-refractivity contribution is 5.91. The molecule has 1 aromatic heterocycles. The van der Waals surface area contributed by atoms with Gasteiger partial charge in [0.25, 0.3) is 0 Å². The fourth-order valence-electron chi connectivity index (χ4n) is 4.78. The molecular weight excluding hydrogens is 479 g/mol. The molecule has 5 nitrogen and oxygen atoms in total. The minimum Gasteiger partial charge on any atom is -0.369 e. The summed E-state index contributed by atoms with van der Waals surface area (Å²) in [4.78, 5) is 24.3. The normalized spacial score (nSPS) is 16.1. The van der Waals surface area contributed by atoms with Crippen LogP contribution in [0.15, 0.2) is 48.8 Å². The van der Waals surface area contributed by atoms with Crippen molar-refractivity contribution in [3.63, 3.8) is 0 Å². The molecule has 2 fully saturated rings. The molecule has 1 aliphatic carbocycles. The molecule has 2 aromatic carbocycles. The molecule has 2 heterocycles. The fourth-order valence-corrected chi connectivity index (χ4v) is 4.78. The van der Waals surface area contributed by atoms with Crippen LogP contribution in [-0.2, 0) is 11.7 Å². The Morgan fingerprint density at radius 1 is 1.00 bits per heavy atom. The lowest BCUT2D eigenvalue weighted by atomic mass is 9.87. The largest absolute Gasteiger partial charge is 0.416 e. The first-order valence-corrected chi connectivity index (χ1v) is 12.2. The number of hydrogen-bond donors (Lipinski definition) is 0. The van der Waals surface area contributed by atoms with Gasteiger partial charge < -0.3 is 4.90 Å². The van der Waals surface area contributed by atoms with Gasteiger partial charge in [-0.05, 0) is 74.1 Å². The Hall–Kier alpha value is -3.86. The number of carbonyl (C=O) groups excluding carboxylic acids is 2. The lowest BCUT2D eigenvalue weighted by molar-refractivity contribution is -0.137. The Morgan fingerprint density at radius 2 is 1.73 bits per heavy atom. The number of halogens is 3. The molecule has 0 atom stereocenters. The van der Waals surface area contributed by atoms with Crippen LogP contribution >= 0.6 is 0 Å². The second-order valence-electron chi connectivity index (χ2n) is 10.2. The van der Waals surface area contributed by atoms with Crippen molar-refractivity contribution in [3.05, 3.63) is 82.2 Å². The van der Waals surface area contributed by atoms with Gasteiger partial charge in [-0.3, -0.25) is 14.3 Å². The minimum absolute atomic E-state index is 0.151. The van der Waals surface area contributed by atoms with Gasteiger partial charge in [0, 0.05) is 36.1 Å². The molecule has 0 unspecified atom stereocenters. The number of hydrogen-bond acceptors (Lipinski definition) is 4. The fraction of sp³-hybridized carbons (Fsp3) is 0.345. The topological polar surface area (TPSA) is 55.2 Å². The second-order valence-corrected chi connectivity index (χ2v) is 10.2. The standard InChI is InChI=1S/C29H26F3N3O2/c1-28(2,27-10-8-24(29(30,31)32)12-26(27)21-5-6-21)35-16-19(13-33-35)3-4-20-14-34(15-20)25-9-7-22(17-36)23(11-25)18-37/h7-13,16-18,20-21H,5-6,14-15H2,1-2H3. The van der Waals surface area contributed by atoms with E-state index in [-0.39, 0.29) is 11.8 Å². The average molecular weight is 506 g/mol. The first-order valence-electron chi connectivity index (χ1n) is 12.2. The number of aromatic nitrogens is 2. The van der Waals surface area contributed by atoms with Gasteiger partial charge in [0.2, 0.25) is 0 Å². The molecular formula is C29H26F3N3O2. The van der Waals surface area contributed by atoms with Crippen LogP contribution in [0.4, 0.5) is 18.9 Å². The van der Waals surface area contributed by atoms with Gasteiger partial charge in [0.15, 0.2) is 12.6 Å². The Kier molecular flexibility index (Phi) is 6.18. The van der Waals surface area contributed by atoms with Gasteiger partial charge in [0.1, 0.15) is 0 Å². The van der Waals surface area contributed by atoms with Crippen LogP contribution < -0.4 is 4.90 Å². The zero-order chi connectivity index (χ0) is 26.4. The van der Waals surface area contributed by atoms with Crippen molar-refractivity contribution in [2.75, 3.05) is 18.0 Å². The molecule has 8 heteroatoms. The van der Waals surface area contributed by atoms with Crippen LogP contribution in [-0.4, -0.2) is 35.4 Å². The Labute approximate surface area is 213 Å². The van der Waals surface area contributed by atoms with Crippen LogP contribution in [0.1, 0.15) is 75.6 Å². The summed E-state index contributed by atoms with van der Waals surface area (Å²) in [5, 5.41) is 4.50. The molecule has 0 radical (unpaired) electrons. The summed E-state index contributed by atoms with van der Waals surface area (Å²) in [6.45, 7) is 5.33. The van der Waals surface area contributed by atoms with E-state index in [4.69, 9.17) is 0 Å². The van der Waals surface area contributed by atoms with Crippen LogP contribution in [0, 0.1) is 17.8 Å². The van der Waals surface area contributed by atoms with Crippen molar-refractivity contribution in [3.8, 4) is 11.8 Å². The summed E-state index contributed by atoms with van der Waals surface area (Å²) in [7, 11) is 0. The molecule has 3 aromatic rings. The van der Waals surface area contributed by atoms with E-state index in [2.05, 4.69) is 21.8 Å². The number of alkyl halides is 3.